The average molecular weight is 292 g/mol. The van der Waals surface area contributed by atoms with E-state index in [0.717, 1.165) is 37.9 Å². The van der Waals surface area contributed by atoms with Crippen LogP contribution in [0.3, 0.4) is 0 Å². The van der Waals surface area contributed by atoms with Gasteiger partial charge in [0.15, 0.2) is 0 Å². The minimum absolute atomic E-state index is 0.0417. The van der Waals surface area contributed by atoms with Gasteiger partial charge in [-0.2, -0.15) is 11.8 Å². The molecule has 0 bridgehead atoms. The predicted molar refractivity (Wildman–Crippen MR) is 87.8 cm³/mol. The Morgan fingerprint density at radius 2 is 2.15 bits per heavy atom. The van der Waals surface area contributed by atoms with Crippen molar-refractivity contribution in [3.05, 3.63) is 29.3 Å². The zero-order chi connectivity index (χ0) is 14.6. The number of hydrogen-bond donors (Lipinski definition) is 2. The molecule has 4 heteroatoms. The number of benzene rings is 1. The standard InChI is InChI=1S/C16H24N2OS/c1-4-16(5-2,20-3)11-18-15(19)13-6-7-14-12(10-13)8-9-17-14/h6-7,10,17H,4-5,8-9,11H2,1-3H3,(H,18,19). The fourth-order valence-corrected chi connectivity index (χ4v) is 3.44. The monoisotopic (exact) mass is 292 g/mol. The topological polar surface area (TPSA) is 41.1 Å². The van der Waals surface area contributed by atoms with Crippen molar-refractivity contribution in [3.8, 4) is 0 Å². The largest absolute Gasteiger partial charge is 0.384 e. The maximum absolute atomic E-state index is 12.3. The molecule has 0 unspecified atom stereocenters. The third-order valence-corrected chi connectivity index (χ3v) is 5.96. The molecule has 1 aromatic rings. The summed E-state index contributed by atoms with van der Waals surface area (Å²) in [5.41, 5.74) is 3.19. The van der Waals surface area contributed by atoms with Crippen LogP contribution in [0.1, 0.15) is 42.6 Å². The molecule has 0 atom stereocenters. The van der Waals surface area contributed by atoms with Crippen LogP contribution in [0.15, 0.2) is 18.2 Å². The first kappa shape index (κ1) is 15.2. The zero-order valence-corrected chi connectivity index (χ0v) is 13.4. The first-order chi connectivity index (χ1) is 9.64. The SMILES string of the molecule is CCC(CC)(CNC(=O)c1ccc2c(c1)CCN2)SC. The molecule has 0 saturated heterocycles. The Morgan fingerprint density at radius 3 is 2.80 bits per heavy atom. The van der Waals surface area contributed by atoms with Gasteiger partial charge in [0.1, 0.15) is 0 Å². The van der Waals surface area contributed by atoms with Gasteiger partial charge in [0, 0.05) is 29.1 Å². The van der Waals surface area contributed by atoms with E-state index in [1.165, 1.54) is 11.3 Å². The molecule has 1 amide bonds. The highest BCUT2D eigenvalue weighted by Gasteiger charge is 2.25. The highest BCUT2D eigenvalue weighted by molar-refractivity contribution is 8.00. The van der Waals surface area contributed by atoms with Crippen LogP contribution in [0.4, 0.5) is 5.69 Å². The van der Waals surface area contributed by atoms with E-state index >= 15 is 0 Å². The molecule has 1 aliphatic heterocycles. The Morgan fingerprint density at radius 1 is 1.40 bits per heavy atom. The van der Waals surface area contributed by atoms with Gasteiger partial charge in [-0.1, -0.05) is 13.8 Å². The first-order valence-electron chi connectivity index (χ1n) is 7.34. The van der Waals surface area contributed by atoms with Crippen molar-refractivity contribution >= 4 is 23.4 Å². The van der Waals surface area contributed by atoms with Crippen molar-refractivity contribution < 1.29 is 4.79 Å². The van der Waals surface area contributed by atoms with E-state index in [9.17, 15) is 4.79 Å². The molecule has 0 aliphatic carbocycles. The second-order valence-electron chi connectivity index (χ2n) is 5.33. The molecule has 2 N–H and O–H groups in total. The lowest BCUT2D eigenvalue weighted by Gasteiger charge is -2.29. The van der Waals surface area contributed by atoms with Crippen LogP contribution >= 0.6 is 11.8 Å². The lowest BCUT2D eigenvalue weighted by molar-refractivity contribution is 0.0949. The molecule has 1 aliphatic rings. The van der Waals surface area contributed by atoms with Crippen LogP contribution in [0.25, 0.3) is 0 Å². The molecular formula is C16H24N2OS. The number of amides is 1. The molecule has 20 heavy (non-hydrogen) atoms. The number of fused-ring (bicyclic) bond motifs is 1. The summed E-state index contributed by atoms with van der Waals surface area (Å²) in [6, 6.07) is 5.94. The fraction of sp³-hybridized carbons (Fsp3) is 0.562. The molecule has 1 heterocycles. The van der Waals surface area contributed by atoms with E-state index in [1.807, 2.05) is 30.0 Å². The van der Waals surface area contributed by atoms with E-state index in [0.29, 0.717) is 0 Å². The second kappa shape index (κ2) is 6.53. The first-order valence-corrected chi connectivity index (χ1v) is 8.56. The van der Waals surface area contributed by atoms with Gasteiger partial charge in [0.25, 0.3) is 5.91 Å². The summed E-state index contributed by atoms with van der Waals surface area (Å²) in [6.07, 6.45) is 5.27. The fourth-order valence-electron chi connectivity index (χ4n) is 2.65. The summed E-state index contributed by atoms with van der Waals surface area (Å²) in [4.78, 5) is 12.3. The van der Waals surface area contributed by atoms with Gasteiger partial charge in [0.2, 0.25) is 0 Å². The summed E-state index contributed by atoms with van der Waals surface area (Å²) in [5, 5.41) is 6.42. The number of carbonyl (C=O) groups excluding carboxylic acids is 1. The Kier molecular flexibility index (Phi) is 4.97. The molecule has 1 aromatic carbocycles. The number of nitrogens with one attached hydrogen (secondary N) is 2. The lowest BCUT2D eigenvalue weighted by Crippen LogP contribution is -2.39. The molecule has 3 nitrogen and oxygen atoms in total. The Balaban J connectivity index is 2.02. The van der Waals surface area contributed by atoms with E-state index in [-0.39, 0.29) is 10.7 Å². The smallest absolute Gasteiger partial charge is 0.251 e. The molecule has 0 aromatic heterocycles. The van der Waals surface area contributed by atoms with Gasteiger partial charge in [-0.15, -0.1) is 0 Å². The third kappa shape index (κ3) is 3.11. The van der Waals surface area contributed by atoms with Crippen molar-refractivity contribution in [2.45, 2.75) is 37.9 Å². The molecule has 0 spiro atoms. The van der Waals surface area contributed by atoms with Gasteiger partial charge >= 0.3 is 0 Å². The summed E-state index contributed by atoms with van der Waals surface area (Å²) in [6.45, 7) is 6.08. The van der Waals surface area contributed by atoms with E-state index in [4.69, 9.17) is 0 Å². The molecule has 110 valence electrons. The number of rotatable bonds is 6. The van der Waals surface area contributed by atoms with Gasteiger partial charge in [-0.25, -0.2) is 0 Å². The minimum atomic E-state index is 0.0417. The van der Waals surface area contributed by atoms with Gasteiger partial charge in [-0.05, 0) is 49.3 Å². The van der Waals surface area contributed by atoms with Crippen LogP contribution in [0.5, 0.6) is 0 Å². The predicted octanol–water partition coefficient (Wildman–Crippen LogP) is 3.31. The number of anilines is 1. The summed E-state index contributed by atoms with van der Waals surface area (Å²) in [5.74, 6) is 0.0417. The number of carbonyl (C=O) groups is 1. The molecular weight excluding hydrogens is 268 g/mol. The summed E-state index contributed by atoms with van der Waals surface area (Å²) < 4.78 is 0.161. The van der Waals surface area contributed by atoms with Crippen LogP contribution in [-0.2, 0) is 6.42 Å². The van der Waals surface area contributed by atoms with Gasteiger partial charge in [-0.3, -0.25) is 4.79 Å². The van der Waals surface area contributed by atoms with Crippen LogP contribution < -0.4 is 10.6 Å². The molecule has 0 saturated carbocycles. The van der Waals surface area contributed by atoms with Crippen LogP contribution in [0, 0.1) is 0 Å². The third-order valence-electron chi connectivity index (χ3n) is 4.37. The van der Waals surface area contributed by atoms with Crippen LogP contribution in [-0.4, -0.2) is 30.0 Å². The minimum Gasteiger partial charge on any atom is -0.384 e. The Labute approximate surface area is 125 Å². The van der Waals surface area contributed by atoms with Crippen molar-refractivity contribution in [3.63, 3.8) is 0 Å². The van der Waals surface area contributed by atoms with Gasteiger partial charge in [0.05, 0.1) is 0 Å². The highest BCUT2D eigenvalue weighted by Crippen LogP contribution is 2.29. The Hall–Kier alpha value is -1.16. The highest BCUT2D eigenvalue weighted by atomic mass is 32.2. The van der Waals surface area contributed by atoms with E-state index in [2.05, 4.69) is 30.7 Å². The summed E-state index contributed by atoms with van der Waals surface area (Å²) in [7, 11) is 0. The zero-order valence-electron chi connectivity index (χ0n) is 12.6. The van der Waals surface area contributed by atoms with Crippen molar-refractivity contribution in [2.24, 2.45) is 0 Å². The van der Waals surface area contributed by atoms with Gasteiger partial charge < -0.3 is 10.6 Å². The number of hydrogen-bond acceptors (Lipinski definition) is 3. The maximum Gasteiger partial charge on any atom is 0.251 e. The normalized spacial score (nSPS) is 13.8. The molecule has 2 rings (SSSR count). The van der Waals surface area contributed by atoms with Crippen molar-refractivity contribution in [1.29, 1.82) is 0 Å². The van der Waals surface area contributed by atoms with Crippen LogP contribution in [0.2, 0.25) is 0 Å². The number of thioether (sulfide) groups is 1. The average Bonchev–Trinajstić information content (AvgIpc) is 2.96. The molecule has 0 fully saturated rings. The van der Waals surface area contributed by atoms with Crippen molar-refractivity contribution in [1.82, 2.24) is 5.32 Å². The Bertz CT molecular complexity index is 475. The second-order valence-corrected chi connectivity index (χ2v) is 6.60. The van der Waals surface area contributed by atoms with Crippen molar-refractivity contribution in [2.75, 3.05) is 24.7 Å². The molecule has 0 radical (unpaired) electrons. The van der Waals surface area contributed by atoms with E-state index in [1.54, 1.807) is 0 Å². The lowest BCUT2D eigenvalue weighted by atomic mass is 10.0. The summed E-state index contributed by atoms with van der Waals surface area (Å²) >= 11 is 1.85. The maximum atomic E-state index is 12.3. The van der Waals surface area contributed by atoms with E-state index < -0.39 is 0 Å². The quantitative estimate of drug-likeness (QED) is 0.845.